The lowest BCUT2D eigenvalue weighted by molar-refractivity contribution is -0.140. The molecular weight excluding hydrogens is 418 g/mol. The van der Waals surface area contributed by atoms with Crippen molar-refractivity contribution < 1.29 is 29.7 Å². The number of nitrogen functional groups attached to an aromatic ring is 2. The minimum absolute atomic E-state index is 0.103. The number of nitrogens with two attached hydrogens (primary N) is 2. The highest BCUT2D eigenvalue weighted by Crippen LogP contribution is 2.25. The van der Waals surface area contributed by atoms with Crippen molar-refractivity contribution in [2.24, 2.45) is 0 Å². The summed E-state index contributed by atoms with van der Waals surface area (Å²) in [5, 5.41) is 30.0. The molecule has 11 nitrogen and oxygen atoms in total. The number of nitrogens with one attached hydrogen (secondary N) is 1. The van der Waals surface area contributed by atoms with Gasteiger partial charge in [-0.1, -0.05) is 18.7 Å². The summed E-state index contributed by atoms with van der Waals surface area (Å²) in [6.07, 6.45) is 1.01. The van der Waals surface area contributed by atoms with Gasteiger partial charge in [-0.2, -0.15) is 9.97 Å². The lowest BCUT2D eigenvalue weighted by Gasteiger charge is -2.14. The van der Waals surface area contributed by atoms with Crippen LogP contribution in [0.25, 0.3) is 5.57 Å². The molecule has 0 saturated carbocycles. The number of benzene rings is 1. The van der Waals surface area contributed by atoms with Gasteiger partial charge in [0, 0.05) is 12.0 Å². The van der Waals surface area contributed by atoms with Crippen LogP contribution in [-0.2, 0) is 16.0 Å². The first-order chi connectivity index (χ1) is 15.1. The minimum Gasteiger partial charge on any atom is -0.493 e. The van der Waals surface area contributed by atoms with Crippen LogP contribution in [-0.4, -0.2) is 49.2 Å². The van der Waals surface area contributed by atoms with E-state index in [-0.39, 0.29) is 36.1 Å². The van der Waals surface area contributed by atoms with Gasteiger partial charge in [0.15, 0.2) is 0 Å². The van der Waals surface area contributed by atoms with Gasteiger partial charge in [0.2, 0.25) is 11.8 Å². The zero-order chi connectivity index (χ0) is 23.8. The normalized spacial score (nSPS) is 11.5. The highest BCUT2D eigenvalue weighted by molar-refractivity contribution is 5.96. The second kappa shape index (κ2) is 10.8. The molecule has 32 heavy (non-hydrogen) atoms. The molecule has 11 heteroatoms. The summed E-state index contributed by atoms with van der Waals surface area (Å²) in [6, 6.07) is 5.13. The molecule has 2 rings (SSSR count). The van der Waals surface area contributed by atoms with E-state index in [2.05, 4.69) is 21.9 Å². The SMILES string of the molecule is C=C(CCCc1c(N)nc(N)nc1O)c1ccc(C(=O)N[C@@H](CCC(=O)O)C(=O)O)cc1. The van der Waals surface area contributed by atoms with Crippen molar-refractivity contribution in [3.63, 3.8) is 0 Å². The van der Waals surface area contributed by atoms with Gasteiger partial charge >= 0.3 is 11.9 Å². The maximum Gasteiger partial charge on any atom is 0.326 e. The number of amides is 1. The fourth-order valence-corrected chi connectivity index (χ4v) is 2.99. The van der Waals surface area contributed by atoms with Crippen LogP contribution >= 0.6 is 0 Å². The molecule has 1 amide bonds. The number of carbonyl (C=O) groups excluding carboxylic acids is 1. The number of rotatable bonds is 11. The Kier molecular flexibility index (Phi) is 8.11. The third-order valence-electron chi connectivity index (χ3n) is 4.75. The molecular formula is C21H25N5O6. The zero-order valence-electron chi connectivity index (χ0n) is 17.2. The smallest absolute Gasteiger partial charge is 0.326 e. The maximum atomic E-state index is 12.3. The molecule has 8 N–H and O–H groups in total. The predicted octanol–water partition coefficient (Wildman–Crippen LogP) is 1.43. The first kappa shape index (κ1) is 24.1. The molecule has 0 aliphatic rings. The average molecular weight is 443 g/mol. The number of allylic oxidation sites excluding steroid dienone is 1. The van der Waals surface area contributed by atoms with Gasteiger partial charge < -0.3 is 32.1 Å². The second-order valence-electron chi connectivity index (χ2n) is 7.10. The van der Waals surface area contributed by atoms with Crippen LogP contribution in [0, 0.1) is 0 Å². The molecule has 0 unspecified atom stereocenters. The monoisotopic (exact) mass is 443 g/mol. The number of aromatic hydroxyl groups is 1. The Hall–Kier alpha value is -4.15. The third kappa shape index (κ3) is 6.69. The van der Waals surface area contributed by atoms with Gasteiger partial charge in [-0.3, -0.25) is 9.59 Å². The topological polar surface area (TPSA) is 202 Å². The fraction of sp³-hybridized carbons (Fsp3) is 0.286. The molecule has 170 valence electrons. The third-order valence-corrected chi connectivity index (χ3v) is 4.75. The molecule has 0 aliphatic heterocycles. The molecule has 0 fully saturated rings. The number of anilines is 2. The number of hydrogen-bond acceptors (Lipinski definition) is 8. The molecule has 0 aliphatic carbocycles. The summed E-state index contributed by atoms with van der Waals surface area (Å²) in [5.74, 6) is -3.29. The lowest BCUT2D eigenvalue weighted by Crippen LogP contribution is -2.41. The molecule has 0 radical (unpaired) electrons. The van der Waals surface area contributed by atoms with Crippen molar-refractivity contribution in [3.05, 3.63) is 47.5 Å². The Morgan fingerprint density at radius 2 is 1.66 bits per heavy atom. The quantitative estimate of drug-likeness (QED) is 0.295. The van der Waals surface area contributed by atoms with E-state index in [0.29, 0.717) is 24.8 Å². The predicted molar refractivity (Wildman–Crippen MR) is 117 cm³/mol. The maximum absolute atomic E-state index is 12.3. The van der Waals surface area contributed by atoms with Gasteiger partial charge in [-0.15, -0.1) is 0 Å². The summed E-state index contributed by atoms with van der Waals surface area (Å²) in [4.78, 5) is 41.7. The standard InChI is InChI=1S/C21H25N5O6/c1-11(3-2-4-14-17(22)25-21(23)26-19(14)30)12-5-7-13(8-6-12)18(29)24-15(20(31)32)9-10-16(27)28/h5-8,15H,1-4,9-10H2,(H,24,29)(H,27,28)(H,31,32)(H5,22,23,25,26,30)/t15-/m0/s1. The number of carbonyl (C=O) groups is 3. The van der Waals surface area contributed by atoms with Gasteiger partial charge in [0.25, 0.3) is 5.91 Å². The molecule has 0 bridgehead atoms. The van der Waals surface area contributed by atoms with E-state index in [1.165, 1.54) is 12.1 Å². The Bertz CT molecular complexity index is 999. The molecule has 0 saturated heterocycles. The highest BCUT2D eigenvalue weighted by Gasteiger charge is 2.21. The molecule has 0 spiro atoms. The van der Waals surface area contributed by atoms with E-state index in [1.54, 1.807) is 12.1 Å². The fourth-order valence-electron chi connectivity index (χ4n) is 2.99. The molecule has 2 aromatic rings. The summed E-state index contributed by atoms with van der Waals surface area (Å²) in [6.45, 7) is 4.02. The van der Waals surface area contributed by atoms with Gasteiger partial charge in [-0.25, -0.2) is 4.79 Å². The van der Waals surface area contributed by atoms with Gasteiger partial charge in [0.1, 0.15) is 11.9 Å². The van der Waals surface area contributed by atoms with Crippen LogP contribution in [0.2, 0.25) is 0 Å². The first-order valence-electron chi connectivity index (χ1n) is 9.73. The van der Waals surface area contributed by atoms with Gasteiger partial charge in [-0.05, 0) is 49.0 Å². The van der Waals surface area contributed by atoms with E-state index in [0.717, 1.165) is 11.1 Å². The highest BCUT2D eigenvalue weighted by atomic mass is 16.4. The van der Waals surface area contributed by atoms with E-state index in [1.807, 2.05) is 0 Å². The van der Waals surface area contributed by atoms with Gasteiger partial charge in [0.05, 0.1) is 5.56 Å². The van der Waals surface area contributed by atoms with Crippen molar-refractivity contribution in [1.29, 1.82) is 0 Å². The Morgan fingerprint density at radius 3 is 2.22 bits per heavy atom. The van der Waals surface area contributed by atoms with Crippen molar-refractivity contribution in [2.75, 3.05) is 11.5 Å². The van der Waals surface area contributed by atoms with Crippen LogP contribution in [0.15, 0.2) is 30.8 Å². The van der Waals surface area contributed by atoms with Crippen LogP contribution < -0.4 is 16.8 Å². The minimum atomic E-state index is -1.30. The summed E-state index contributed by atoms with van der Waals surface area (Å²) < 4.78 is 0. The molecule has 1 heterocycles. The lowest BCUT2D eigenvalue weighted by atomic mass is 9.99. The number of aliphatic carboxylic acids is 2. The van der Waals surface area contributed by atoms with E-state index in [9.17, 15) is 19.5 Å². The van der Waals surface area contributed by atoms with E-state index in [4.69, 9.17) is 21.7 Å². The molecule has 1 aromatic heterocycles. The summed E-state index contributed by atoms with van der Waals surface area (Å²) >= 11 is 0. The van der Waals surface area contributed by atoms with E-state index < -0.39 is 23.9 Å². The number of aromatic nitrogens is 2. The van der Waals surface area contributed by atoms with Crippen molar-refractivity contribution in [2.45, 2.75) is 38.1 Å². The second-order valence-corrected chi connectivity index (χ2v) is 7.10. The van der Waals surface area contributed by atoms with Crippen molar-refractivity contribution in [3.8, 4) is 5.88 Å². The Morgan fingerprint density at radius 1 is 1.03 bits per heavy atom. The Balaban J connectivity index is 1.93. The number of carboxylic acid groups (broad SMARTS) is 2. The van der Waals surface area contributed by atoms with Crippen LogP contribution in [0.1, 0.15) is 47.2 Å². The largest absolute Gasteiger partial charge is 0.493 e. The average Bonchev–Trinajstić information content (AvgIpc) is 2.72. The van der Waals surface area contributed by atoms with E-state index >= 15 is 0 Å². The summed E-state index contributed by atoms with van der Waals surface area (Å²) in [7, 11) is 0. The zero-order valence-corrected chi connectivity index (χ0v) is 17.2. The van der Waals surface area contributed by atoms with Crippen LogP contribution in [0.4, 0.5) is 11.8 Å². The summed E-state index contributed by atoms with van der Waals surface area (Å²) in [5.41, 5.74) is 13.4. The first-order valence-corrected chi connectivity index (χ1v) is 9.73. The molecule has 1 aromatic carbocycles. The molecule has 1 atom stereocenters. The number of carboxylic acids is 2. The van der Waals surface area contributed by atoms with Crippen molar-refractivity contribution >= 4 is 35.2 Å². The Labute approximate surface area is 183 Å². The number of hydrogen-bond donors (Lipinski definition) is 6. The van der Waals surface area contributed by atoms with Crippen LogP contribution in [0.5, 0.6) is 5.88 Å². The van der Waals surface area contributed by atoms with Crippen molar-refractivity contribution in [1.82, 2.24) is 15.3 Å². The number of nitrogens with zero attached hydrogens (tertiary/aromatic N) is 2. The van der Waals surface area contributed by atoms with Crippen LogP contribution in [0.3, 0.4) is 0 Å².